The highest BCUT2D eigenvalue weighted by Gasteiger charge is 2.31. The number of carbonyl (C=O) groups excluding carboxylic acids is 1. The van der Waals surface area contributed by atoms with Gasteiger partial charge in [0.05, 0.1) is 11.4 Å². The van der Waals surface area contributed by atoms with E-state index in [4.69, 9.17) is 5.73 Å². The van der Waals surface area contributed by atoms with Crippen LogP contribution in [-0.2, 0) is 4.79 Å². The third kappa shape index (κ3) is 1.25. The van der Waals surface area contributed by atoms with Gasteiger partial charge in [0.25, 0.3) is 0 Å². The fourth-order valence-corrected chi connectivity index (χ4v) is 2.80. The average molecular weight is 328 g/mol. The molecule has 0 aliphatic heterocycles. The minimum atomic E-state index is -0.0553. The molecule has 1 atom stereocenters. The van der Waals surface area contributed by atoms with Crippen molar-refractivity contribution in [3.05, 3.63) is 16.1 Å². The first-order valence-electron chi connectivity index (χ1n) is 4.97. The Bertz CT molecular complexity index is 592. The third-order valence-electron chi connectivity index (χ3n) is 2.96. The molecule has 3 rings (SSSR count). The molecule has 2 aromatic heterocycles. The van der Waals surface area contributed by atoms with Gasteiger partial charge in [-0.05, 0) is 29.0 Å². The lowest BCUT2D eigenvalue weighted by molar-refractivity contribution is -0.128. The number of aromatic nitrogens is 3. The normalized spacial score (nSPS) is 20.1. The van der Waals surface area contributed by atoms with Crippen molar-refractivity contribution in [3.8, 4) is 0 Å². The molecular formula is C10H9IN4O. The first-order chi connectivity index (χ1) is 7.68. The van der Waals surface area contributed by atoms with Crippen molar-refractivity contribution in [1.82, 2.24) is 14.5 Å². The van der Waals surface area contributed by atoms with E-state index in [1.54, 1.807) is 0 Å². The Hall–Kier alpha value is -1.18. The zero-order valence-corrected chi connectivity index (χ0v) is 10.5. The zero-order chi connectivity index (χ0) is 11.3. The molecule has 1 unspecified atom stereocenters. The second-order valence-corrected chi connectivity index (χ2v) is 5.02. The van der Waals surface area contributed by atoms with Crippen LogP contribution in [0.5, 0.6) is 0 Å². The molecule has 6 heteroatoms. The smallest absolute Gasteiger partial charge is 0.155 e. The van der Waals surface area contributed by atoms with Crippen molar-refractivity contribution in [2.45, 2.75) is 18.9 Å². The number of carbonyl (C=O) groups is 1. The summed E-state index contributed by atoms with van der Waals surface area (Å²) in [5.74, 6) is 0.741. The van der Waals surface area contributed by atoms with Crippen LogP contribution in [0.4, 0.5) is 5.82 Å². The van der Waals surface area contributed by atoms with Gasteiger partial charge in [0, 0.05) is 16.2 Å². The second kappa shape index (κ2) is 3.41. The van der Waals surface area contributed by atoms with Gasteiger partial charge in [-0.1, -0.05) is 0 Å². The Morgan fingerprint density at radius 2 is 2.31 bits per heavy atom. The summed E-state index contributed by atoms with van der Waals surface area (Å²) < 4.78 is 2.91. The quantitative estimate of drug-likeness (QED) is 0.806. The fourth-order valence-electron chi connectivity index (χ4n) is 1.99. The Kier molecular flexibility index (Phi) is 2.13. The minimum absolute atomic E-state index is 0.0553. The SMILES string of the molecule is Nc1ncnc2c1c(I)cn2C1CCC1=O. The lowest BCUT2D eigenvalue weighted by Crippen LogP contribution is -2.28. The van der Waals surface area contributed by atoms with Crippen molar-refractivity contribution in [2.24, 2.45) is 0 Å². The summed E-state index contributed by atoms with van der Waals surface area (Å²) >= 11 is 2.19. The lowest BCUT2D eigenvalue weighted by Gasteiger charge is -2.25. The van der Waals surface area contributed by atoms with Crippen LogP contribution in [0.25, 0.3) is 11.0 Å². The molecule has 1 aliphatic rings. The number of anilines is 1. The highest BCUT2D eigenvalue weighted by Crippen LogP contribution is 2.34. The Morgan fingerprint density at radius 3 is 2.94 bits per heavy atom. The van der Waals surface area contributed by atoms with Crippen molar-refractivity contribution in [2.75, 3.05) is 5.73 Å². The summed E-state index contributed by atoms with van der Waals surface area (Å²) in [4.78, 5) is 19.7. The number of hydrogen-bond donors (Lipinski definition) is 1. The highest BCUT2D eigenvalue weighted by molar-refractivity contribution is 14.1. The molecule has 1 fully saturated rings. The van der Waals surface area contributed by atoms with Crippen LogP contribution >= 0.6 is 22.6 Å². The van der Waals surface area contributed by atoms with Crippen LogP contribution in [0.3, 0.4) is 0 Å². The predicted molar refractivity (Wildman–Crippen MR) is 67.9 cm³/mol. The van der Waals surface area contributed by atoms with Gasteiger partial charge in [0.2, 0.25) is 0 Å². The van der Waals surface area contributed by atoms with E-state index in [0.29, 0.717) is 12.2 Å². The molecule has 0 saturated heterocycles. The van der Waals surface area contributed by atoms with Crippen molar-refractivity contribution in [3.63, 3.8) is 0 Å². The maximum atomic E-state index is 11.5. The predicted octanol–water partition coefficient (Wildman–Crippen LogP) is 1.52. The van der Waals surface area contributed by atoms with E-state index in [0.717, 1.165) is 21.0 Å². The Labute approximate surface area is 105 Å². The molecule has 2 aromatic rings. The first-order valence-corrected chi connectivity index (χ1v) is 6.05. The molecule has 0 aromatic carbocycles. The molecular weight excluding hydrogens is 319 g/mol. The number of nitrogens with two attached hydrogens (primary N) is 1. The number of Topliss-reactive ketones (excluding diaryl/α,β-unsaturated/α-hetero) is 1. The van der Waals surface area contributed by atoms with Crippen LogP contribution in [0.2, 0.25) is 0 Å². The number of ketones is 1. The minimum Gasteiger partial charge on any atom is -0.383 e. The number of nitrogen functional groups attached to an aromatic ring is 1. The van der Waals surface area contributed by atoms with Crippen LogP contribution in [0.15, 0.2) is 12.5 Å². The molecule has 16 heavy (non-hydrogen) atoms. The van der Waals surface area contributed by atoms with Gasteiger partial charge in [-0.15, -0.1) is 0 Å². The van der Waals surface area contributed by atoms with Gasteiger partial charge >= 0.3 is 0 Å². The molecule has 1 aliphatic carbocycles. The van der Waals surface area contributed by atoms with Gasteiger partial charge in [-0.2, -0.15) is 0 Å². The molecule has 1 saturated carbocycles. The van der Waals surface area contributed by atoms with E-state index >= 15 is 0 Å². The van der Waals surface area contributed by atoms with E-state index in [2.05, 4.69) is 32.6 Å². The van der Waals surface area contributed by atoms with Crippen LogP contribution in [0.1, 0.15) is 18.9 Å². The summed E-state index contributed by atoms with van der Waals surface area (Å²) in [7, 11) is 0. The van der Waals surface area contributed by atoms with Gasteiger partial charge in [0.15, 0.2) is 5.78 Å². The number of hydrogen-bond acceptors (Lipinski definition) is 4. The zero-order valence-electron chi connectivity index (χ0n) is 8.35. The van der Waals surface area contributed by atoms with Crippen LogP contribution in [-0.4, -0.2) is 20.3 Å². The monoisotopic (exact) mass is 328 g/mol. The van der Waals surface area contributed by atoms with E-state index in [1.807, 2.05) is 10.8 Å². The topological polar surface area (TPSA) is 73.8 Å². The highest BCUT2D eigenvalue weighted by atomic mass is 127. The molecule has 2 heterocycles. The molecule has 0 amide bonds. The summed E-state index contributed by atoms with van der Waals surface area (Å²) in [5.41, 5.74) is 6.57. The number of nitrogens with zero attached hydrogens (tertiary/aromatic N) is 3. The Balaban J connectivity index is 2.26. The molecule has 0 bridgehead atoms. The van der Waals surface area contributed by atoms with Gasteiger partial charge in [-0.25, -0.2) is 9.97 Å². The van der Waals surface area contributed by atoms with Gasteiger partial charge < -0.3 is 10.3 Å². The van der Waals surface area contributed by atoms with Gasteiger partial charge in [-0.3, -0.25) is 4.79 Å². The third-order valence-corrected chi connectivity index (χ3v) is 3.78. The molecule has 82 valence electrons. The largest absolute Gasteiger partial charge is 0.383 e. The summed E-state index contributed by atoms with van der Waals surface area (Å²) in [6.07, 6.45) is 4.93. The molecule has 0 radical (unpaired) electrons. The molecule has 5 nitrogen and oxygen atoms in total. The van der Waals surface area contributed by atoms with Gasteiger partial charge in [0.1, 0.15) is 17.8 Å². The maximum Gasteiger partial charge on any atom is 0.155 e. The van der Waals surface area contributed by atoms with E-state index in [9.17, 15) is 4.79 Å². The van der Waals surface area contributed by atoms with Crippen molar-refractivity contribution in [1.29, 1.82) is 0 Å². The number of halogens is 1. The summed E-state index contributed by atoms with van der Waals surface area (Å²) in [6, 6.07) is -0.0553. The lowest BCUT2D eigenvalue weighted by atomic mass is 9.91. The average Bonchev–Trinajstić information content (AvgIpc) is 2.56. The fraction of sp³-hybridized carbons (Fsp3) is 0.300. The van der Waals surface area contributed by atoms with E-state index < -0.39 is 0 Å². The maximum absolute atomic E-state index is 11.5. The summed E-state index contributed by atoms with van der Waals surface area (Å²) in [5, 5.41) is 0.850. The van der Waals surface area contributed by atoms with E-state index in [-0.39, 0.29) is 11.8 Å². The number of fused-ring (bicyclic) bond motifs is 1. The number of rotatable bonds is 1. The Morgan fingerprint density at radius 1 is 1.50 bits per heavy atom. The van der Waals surface area contributed by atoms with Crippen molar-refractivity contribution < 1.29 is 4.79 Å². The standard InChI is InChI=1S/C10H9IN4O/c11-5-3-15(6-1-2-7(6)16)10-8(5)9(12)13-4-14-10/h3-4,6H,1-2H2,(H2,12,13,14). The van der Waals surface area contributed by atoms with Crippen LogP contribution < -0.4 is 5.73 Å². The van der Waals surface area contributed by atoms with Crippen molar-refractivity contribution >= 4 is 45.2 Å². The van der Waals surface area contributed by atoms with Crippen LogP contribution in [0, 0.1) is 3.57 Å². The summed E-state index contributed by atoms with van der Waals surface area (Å²) in [6.45, 7) is 0. The second-order valence-electron chi connectivity index (χ2n) is 3.86. The molecule has 2 N–H and O–H groups in total. The first kappa shape index (κ1) is 10.0. The molecule has 0 spiro atoms. The van der Waals surface area contributed by atoms with E-state index in [1.165, 1.54) is 6.33 Å².